The second kappa shape index (κ2) is 5.77. The van der Waals surface area contributed by atoms with Crippen LogP contribution < -0.4 is 11.1 Å². The number of amides is 1. The molecule has 0 radical (unpaired) electrons. The van der Waals surface area contributed by atoms with E-state index < -0.39 is 6.04 Å². The first-order valence-corrected chi connectivity index (χ1v) is 5.35. The molecule has 15 heavy (non-hydrogen) atoms. The molecule has 0 saturated carbocycles. The van der Waals surface area contributed by atoms with E-state index in [0.717, 1.165) is 12.8 Å². The summed E-state index contributed by atoms with van der Waals surface area (Å²) in [5.74, 6) is 2.39. The topological polar surface area (TPSA) is 55.1 Å². The molecule has 0 rings (SSSR count). The lowest BCUT2D eigenvalue weighted by atomic mass is 9.87. The van der Waals surface area contributed by atoms with Gasteiger partial charge in [-0.2, -0.15) is 0 Å². The van der Waals surface area contributed by atoms with Crippen LogP contribution >= 0.6 is 0 Å². The van der Waals surface area contributed by atoms with E-state index in [1.165, 1.54) is 0 Å². The van der Waals surface area contributed by atoms with E-state index in [4.69, 9.17) is 12.2 Å². The Labute approximate surface area is 92.8 Å². The molecular formula is C12H22N2O. The summed E-state index contributed by atoms with van der Waals surface area (Å²) in [5, 5.41) is 2.77. The minimum Gasteiger partial charge on any atom is -0.341 e. The Balaban J connectivity index is 4.30. The fourth-order valence-corrected chi connectivity index (χ4v) is 1.14. The van der Waals surface area contributed by atoms with Crippen molar-refractivity contribution in [2.45, 2.75) is 52.6 Å². The van der Waals surface area contributed by atoms with Crippen molar-refractivity contribution in [3.8, 4) is 12.3 Å². The molecule has 3 nitrogen and oxygen atoms in total. The number of nitrogens with one attached hydrogen (secondary N) is 1. The molecule has 1 amide bonds. The molecule has 3 N–H and O–H groups in total. The van der Waals surface area contributed by atoms with E-state index in [0.29, 0.717) is 0 Å². The zero-order valence-corrected chi connectivity index (χ0v) is 10.1. The molecule has 0 aromatic rings. The number of carbonyl (C=O) groups is 1. The maximum atomic E-state index is 11.7. The lowest BCUT2D eigenvalue weighted by Gasteiger charge is -2.27. The number of rotatable bonds is 4. The van der Waals surface area contributed by atoms with E-state index in [2.05, 4.69) is 11.2 Å². The van der Waals surface area contributed by atoms with Gasteiger partial charge in [0.05, 0.1) is 12.1 Å². The zero-order valence-electron chi connectivity index (χ0n) is 10.1. The summed E-state index contributed by atoms with van der Waals surface area (Å²) in [5.41, 5.74) is 5.57. The Kier molecular flexibility index (Phi) is 5.38. The summed E-state index contributed by atoms with van der Waals surface area (Å²) in [6.45, 7) is 7.83. The van der Waals surface area contributed by atoms with Crippen molar-refractivity contribution in [2.75, 3.05) is 0 Å². The van der Waals surface area contributed by atoms with E-state index in [9.17, 15) is 4.79 Å². The third kappa shape index (κ3) is 4.85. The second-order valence-electron chi connectivity index (χ2n) is 4.86. The normalized spacial score (nSPS) is 15.2. The molecule has 0 aromatic heterocycles. The van der Waals surface area contributed by atoms with Crippen molar-refractivity contribution >= 4 is 5.91 Å². The first-order valence-electron chi connectivity index (χ1n) is 5.35. The van der Waals surface area contributed by atoms with Crippen LogP contribution in [-0.2, 0) is 4.79 Å². The molecule has 0 aromatic carbocycles. The second-order valence-corrected chi connectivity index (χ2v) is 4.86. The maximum Gasteiger partial charge on any atom is 0.238 e. The van der Waals surface area contributed by atoms with Crippen LogP contribution in [0.3, 0.4) is 0 Å². The third-order valence-corrected chi connectivity index (χ3v) is 2.31. The Morgan fingerprint density at radius 2 is 2.07 bits per heavy atom. The van der Waals surface area contributed by atoms with Gasteiger partial charge in [0.2, 0.25) is 5.91 Å². The van der Waals surface area contributed by atoms with Crippen molar-refractivity contribution in [1.29, 1.82) is 0 Å². The van der Waals surface area contributed by atoms with Gasteiger partial charge in [-0.05, 0) is 11.8 Å². The van der Waals surface area contributed by atoms with Gasteiger partial charge < -0.3 is 11.1 Å². The summed E-state index contributed by atoms with van der Waals surface area (Å²) >= 11 is 0. The third-order valence-electron chi connectivity index (χ3n) is 2.31. The first kappa shape index (κ1) is 14.0. The number of hydrogen-bond donors (Lipinski definition) is 2. The van der Waals surface area contributed by atoms with Crippen LogP contribution in [0.15, 0.2) is 0 Å². The number of carbonyl (C=O) groups excluding carboxylic acids is 1. The quantitative estimate of drug-likeness (QED) is 0.687. The van der Waals surface area contributed by atoms with E-state index >= 15 is 0 Å². The predicted molar refractivity (Wildman–Crippen MR) is 63.1 cm³/mol. The zero-order chi connectivity index (χ0) is 12.1. The van der Waals surface area contributed by atoms with Crippen LogP contribution in [0.25, 0.3) is 0 Å². The van der Waals surface area contributed by atoms with Crippen LogP contribution in [0.1, 0.15) is 40.5 Å². The van der Waals surface area contributed by atoms with Crippen molar-refractivity contribution in [3.05, 3.63) is 0 Å². The van der Waals surface area contributed by atoms with Crippen LogP contribution in [0.5, 0.6) is 0 Å². The highest BCUT2D eigenvalue weighted by atomic mass is 16.2. The van der Waals surface area contributed by atoms with E-state index in [-0.39, 0.29) is 17.4 Å². The lowest BCUT2D eigenvalue weighted by Crippen LogP contribution is -2.51. The number of nitrogens with two attached hydrogens (primary N) is 1. The van der Waals surface area contributed by atoms with Crippen molar-refractivity contribution in [1.82, 2.24) is 5.32 Å². The van der Waals surface area contributed by atoms with Crippen molar-refractivity contribution in [3.63, 3.8) is 0 Å². The van der Waals surface area contributed by atoms with Gasteiger partial charge >= 0.3 is 0 Å². The minimum absolute atomic E-state index is 0.168. The van der Waals surface area contributed by atoms with Crippen LogP contribution in [0.4, 0.5) is 0 Å². The minimum atomic E-state index is -0.523. The largest absolute Gasteiger partial charge is 0.341 e. The summed E-state index contributed by atoms with van der Waals surface area (Å²) in [6, 6.07) is -0.721. The van der Waals surface area contributed by atoms with Crippen LogP contribution in [0.2, 0.25) is 0 Å². The Bertz CT molecular complexity index is 247. The van der Waals surface area contributed by atoms with Crippen LogP contribution in [-0.4, -0.2) is 18.0 Å². The van der Waals surface area contributed by atoms with Gasteiger partial charge in [0, 0.05) is 0 Å². The Hall–Kier alpha value is -1.01. The SMILES string of the molecule is C#CC(CCC)NC(=O)[C@H](N)C(C)(C)C. The molecule has 3 heteroatoms. The monoisotopic (exact) mass is 210 g/mol. The summed E-state index contributed by atoms with van der Waals surface area (Å²) in [7, 11) is 0. The van der Waals surface area contributed by atoms with Gasteiger partial charge in [-0.1, -0.05) is 40.0 Å². The molecule has 0 heterocycles. The number of hydrogen-bond acceptors (Lipinski definition) is 2. The maximum absolute atomic E-state index is 11.7. The fourth-order valence-electron chi connectivity index (χ4n) is 1.14. The van der Waals surface area contributed by atoms with Gasteiger partial charge in [-0.15, -0.1) is 6.42 Å². The molecule has 2 atom stereocenters. The van der Waals surface area contributed by atoms with Gasteiger partial charge in [0.1, 0.15) is 0 Å². The average molecular weight is 210 g/mol. The summed E-state index contributed by atoms with van der Waals surface area (Å²) in [6.07, 6.45) is 7.05. The highest BCUT2D eigenvalue weighted by Gasteiger charge is 2.28. The first-order chi connectivity index (χ1) is 6.82. The molecular weight excluding hydrogens is 188 g/mol. The van der Waals surface area contributed by atoms with Gasteiger partial charge in [-0.25, -0.2) is 0 Å². The predicted octanol–water partition coefficient (Wildman–Crippen LogP) is 1.28. The lowest BCUT2D eigenvalue weighted by molar-refractivity contribution is -0.124. The van der Waals surface area contributed by atoms with Gasteiger partial charge in [0.25, 0.3) is 0 Å². The van der Waals surface area contributed by atoms with Crippen molar-refractivity contribution < 1.29 is 4.79 Å². The Morgan fingerprint density at radius 1 is 1.53 bits per heavy atom. The molecule has 0 aliphatic rings. The highest BCUT2D eigenvalue weighted by molar-refractivity contribution is 5.82. The molecule has 0 aliphatic heterocycles. The molecule has 0 bridgehead atoms. The van der Waals surface area contributed by atoms with E-state index in [1.54, 1.807) is 0 Å². The standard InChI is InChI=1S/C12H22N2O/c1-6-8-9(7-2)14-11(15)10(13)12(3,4)5/h2,9-10H,6,8,13H2,1,3-5H3,(H,14,15)/t9?,10-/m0/s1. The van der Waals surface area contributed by atoms with Crippen molar-refractivity contribution in [2.24, 2.45) is 11.1 Å². The fraction of sp³-hybridized carbons (Fsp3) is 0.750. The molecule has 86 valence electrons. The molecule has 1 unspecified atom stereocenters. The number of terminal acetylenes is 1. The molecule has 0 fully saturated rings. The molecule has 0 saturated heterocycles. The summed E-state index contributed by atoms with van der Waals surface area (Å²) in [4.78, 5) is 11.7. The molecule has 0 spiro atoms. The summed E-state index contributed by atoms with van der Waals surface area (Å²) < 4.78 is 0. The molecule has 0 aliphatic carbocycles. The van der Waals surface area contributed by atoms with Crippen LogP contribution in [0, 0.1) is 17.8 Å². The average Bonchev–Trinajstić information content (AvgIpc) is 2.14. The smallest absolute Gasteiger partial charge is 0.238 e. The van der Waals surface area contributed by atoms with E-state index in [1.807, 2.05) is 27.7 Å². The highest BCUT2D eigenvalue weighted by Crippen LogP contribution is 2.17. The van der Waals surface area contributed by atoms with Gasteiger partial charge in [-0.3, -0.25) is 4.79 Å². The van der Waals surface area contributed by atoms with Gasteiger partial charge in [0.15, 0.2) is 0 Å². The Morgan fingerprint density at radius 3 is 2.40 bits per heavy atom.